The second-order valence-corrected chi connectivity index (χ2v) is 5.15. The predicted molar refractivity (Wildman–Crippen MR) is 87.8 cm³/mol. The quantitative estimate of drug-likeness (QED) is 0.733. The summed E-state index contributed by atoms with van der Waals surface area (Å²) in [4.78, 5) is 7.24. The first kappa shape index (κ1) is 13.5. The van der Waals surface area contributed by atoms with Crippen LogP contribution in [-0.2, 0) is 0 Å². The zero-order chi connectivity index (χ0) is 14.7. The van der Waals surface area contributed by atoms with Gasteiger partial charge in [-0.25, -0.2) is 9.50 Å². The van der Waals surface area contributed by atoms with Gasteiger partial charge in [0.1, 0.15) is 5.82 Å². The molecule has 0 saturated carbocycles. The summed E-state index contributed by atoms with van der Waals surface area (Å²) in [7, 11) is 0. The molecule has 0 saturated heterocycles. The molecule has 3 rings (SSSR count). The lowest BCUT2D eigenvalue weighted by Gasteiger charge is -2.23. The molecule has 0 aliphatic heterocycles. The van der Waals surface area contributed by atoms with Crippen LogP contribution in [0.15, 0.2) is 54.9 Å². The number of para-hydroxylation sites is 1. The van der Waals surface area contributed by atoms with Crippen molar-refractivity contribution in [2.45, 2.75) is 6.42 Å². The molecule has 0 atom stereocenters. The van der Waals surface area contributed by atoms with Crippen molar-refractivity contribution in [3.63, 3.8) is 0 Å². The largest absolute Gasteiger partial charge is 0.393 e. The molecule has 0 unspecified atom stereocenters. The maximum atomic E-state index is 5.64. The summed E-state index contributed by atoms with van der Waals surface area (Å²) >= 11 is 4.99. The number of benzene rings is 1. The van der Waals surface area contributed by atoms with Crippen molar-refractivity contribution in [1.29, 1.82) is 0 Å². The van der Waals surface area contributed by atoms with E-state index in [1.807, 2.05) is 48.7 Å². The predicted octanol–water partition coefficient (Wildman–Crippen LogP) is 2.54. The zero-order valence-electron chi connectivity index (χ0n) is 11.4. The SMILES string of the molecule is NC(=S)CCN(c1ccccc1)c1ccn2nccc2n1. The van der Waals surface area contributed by atoms with Gasteiger partial charge in [0.25, 0.3) is 0 Å². The van der Waals surface area contributed by atoms with Crippen molar-refractivity contribution in [2.75, 3.05) is 11.4 Å². The number of fused-ring (bicyclic) bond motifs is 1. The van der Waals surface area contributed by atoms with Gasteiger partial charge in [0.05, 0.1) is 11.2 Å². The number of thiocarbonyl (C=S) groups is 1. The molecule has 106 valence electrons. The van der Waals surface area contributed by atoms with Crippen molar-refractivity contribution < 1.29 is 0 Å². The molecule has 2 aromatic heterocycles. The first-order valence-electron chi connectivity index (χ1n) is 6.65. The molecule has 1 aromatic carbocycles. The Morgan fingerprint density at radius 2 is 2.00 bits per heavy atom. The molecule has 6 heteroatoms. The normalized spacial score (nSPS) is 10.7. The van der Waals surface area contributed by atoms with Gasteiger partial charge in [0, 0.05) is 30.9 Å². The average molecular weight is 297 g/mol. The van der Waals surface area contributed by atoms with E-state index in [0.717, 1.165) is 17.2 Å². The van der Waals surface area contributed by atoms with Crippen LogP contribution in [0, 0.1) is 0 Å². The van der Waals surface area contributed by atoms with Gasteiger partial charge >= 0.3 is 0 Å². The van der Waals surface area contributed by atoms with E-state index < -0.39 is 0 Å². The van der Waals surface area contributed by atoms with Gasteiger partial charge in [0.15, 0.2) is 5.65 Å². The van der Waals surface area contributed by atoms with Crippen molar-refractivity contribution in [3.05, 3.63) is 54.9 Å². The van der Waals surface area contributed by atoms with Crippen LogP contribution in [0.25, 0.3) is 5.65 Å². The van der Waals surface area contributed by atoms with Crippen molar-refractivity contribution in [1.82, 2.24) is 14.6 Å². The third-order valence-corrected chi connectivity index (χ3v) is 3.37. The zero-order valence-corrected chi connectivity index (χ0v) is 12.2. The number of hydrogen-bond donors (Lipinski definition) is 1. The molecule has 2 heterocycles. The molecule has 3 aromatic rings. The van der Waals surface area contributed by atoms with Gasteiger partial charge in [-0.15, -0.1) is 0 Å². The molecule has 0 fully saturated rings. The van der Waals surface area contributed by atoms with Crippen molar-refractivity contribution >= 4 is 34.4 Å². The van der Waals surface area contributed by atoms with Gasteiger partial charge in [-0.2, -0.15) is 5.10 Å². The van der Waals surface area contributed by atoms with E-state index in [0.29, 0.717) is 18.0 Å². The fourth-order valence-electron chi connectivity index (χ4n) is 2.16. The summed E-state index contributed by atoms with van der Waals surface area (Å²) in [6.07, 6.45) is 4.26. The second kappa shape index (κ2) is 5.88. The smallest absolute Gasteiger partial charge is 0.157 e. The maximum absolute atomic E-state index is 5.64. The van der Waals surface area contributed by atoms with E-state index in [9.17, 15) is 0 Å². The van der Waals surface area contributed by atoms with E-state index >= 15 is 0 Å². The van der Waals surface area contributed by atoms with E-state index in [4.69, 9.17) is 18.0 Å². The Labute approximate surface area is 128 Å². The molecule has 0 amide bonds. The maximum Gasteiger partial charge on any atom is 0.157 e. The Kier molecular flexibility index (Phi) is 3.79. The molecule has 0 bridgehead atoms. The van der Waals surface area contributed by atoms with Gasteiger partial charge in [-0.3, -0.25) is 0 Å². The molecule has 0 aliphatic rings. The lowest BCUT2D eigenvalue weighted by molar-refractivity contribution is 0.906. The Morgan fingerprint density at radius 1 is 1.19 bits per heavy atom. The Hall–Kier alpha value is -2.47. The number of rotatable bonds is 5. The van der Waals surface area contributed by atoms with Gasteiger partial charge in [-0.05, 0) is 18.2 Å². The van der Waals surface area contributed by atoms with Crippen LogP contribution in [0.3, 0.4) is 0 Å². The number of nitrogens with zero attached hydrogens (tertiary/aromatic N) is 4. The highest BCUT2D eigenvalue weighted by Gasteiger charge is 2.11. The minimum atomic E-state index is 0.501. The van der Waals surface area contributed by atoms with E-state index in [1.165, 1.54) is 0 Å². The number of anilines is 2. The summed E-state index contributed by atoms with van der Waals surface area (Å²) in [6, 6.07) is 13.9. The van der Waals surface area contributed by atoms with E-state index in [-0.39, 0.29) is 0 Å². The Bertz CT molecular complexity index is 753. The van der Waals surface area contributed by atoms with Crippen LogP contribution < -0.4 is 10.6 Å². The minimum absolute atomic E-state index is 0.501. The molecule has 0 aliphatic carbocycles. The monoisotopic (exact) mass is 297 g/mol. The number of hydrogen-bond acceptors (Lipinski definition) is 4. The van der Waals surface area contributed by atoms with E-state index in [2.05, 4.69) is 15.0 Å². The first-order chi connectivity index (χ1) is 10.2. The van der Waals surface area contributed by atoms with Gasteiger partial charge in [0.2, 0.25) is 0 Å². The van der Waals surface area contributed by atoms with Crippen LogP contribution in [-0.4, -0.2) is 26.1 Å². The van der Waals surface area contributed by atoms with Crippen molar-refractivity contribution in [3.8, 4) is 0 Å². The molecule has 21 heavy (non-hydrogen) atoms. The molecular weight excluding hydrogens is 282 g/mol. The molecule has 0 spiro atoms. The lowest BCUT2D eigenvalue weighted by Crippen LogP contribution is -2.24. The third kappa shape index (κ3) is 3.00. The summed E-state index contributed by atoms with van der Waals surface area (Å²) in [5.41, 5.74) is 7.51. The fraction of sp³-hybridized carbons (Fsp3) is 0.133. The van der Waals surface area contributed by atoms with Gasteiger partial charge < -0.3 is 10.6 Å². The third-order valence-electron chi connectivity index (χ3n) is 3.17. The summed E-state index contributed by atoms with van der Waals surface area (Å²) in [6.45, 7) is 0.691. The topological polar surface area (TPSA) is 59.5 Å². The average Bonchev–Trinajstić information content (AvgIpc) is 2.96. The first-order valence-corrected chi connectivity index (χ1v) is 7.06. The minimum Gasteiger partial charge on any atom is -0.393 e. The Morgan fingerprint density at radius 3 is 2.76 bits per heavy atom. The van der Waals surface area contributed by atoms with Gasteiger partial charge in [-0.1, -0.05) is 30.4 Å². The molecule has 5 nitrogen and oxygen atoms in total. The van der Waals surface area contributed by atoms with E-state index in [1.54, 1.807) is 10.7 Å². The lowest BCUT2D eigenvalue weighted by atomic mass is 10.2. The standard InChI is InChI=1S/C15H15N5S/c16-13(21)7-10-19(12-4-2-1-3-5-12)14-8-11-20-15(18-14)6-9-17-20/h1-6,8-9,11H,7,10H2,(H2,16,21). The molecule has 0 radical (unpaired) electrons. The number of nitrogens with two attached hydrogens (primary N) is 1. The second-order valence-electron chi connectivity index (χ2n) is 4.62. The molecule has 2 N–H and O–H groups in total. The summed E-state index contributed by atoms with van der Waals surface area (Å²) < 4.78 is 1.74. The highest BCUT2D eigenvalue weighted by molar-refractivity contribution is 7.80. The summed E-state index contributed by atoms with van der Waals surface area (Å²) in [5, 5.41) is 4.16. The van der Waals surface area contributed by atoms with Crippen LogP contribution >= 0.6 is 12.2 Å². The molecular formula is C15H15N5S. The number of aromatic nitrogens is 3. The van der Waals surface area contributed by atoms with Crippen molar-refractivity contribution in [2.24, 2.45) is 5.73 Å². The van der Waals surface area contributed by atoms with Crippen LogP contribution in [0.4, 0.5) is 11.5 Å². The highest BCUT2D eigenvalue weighted by Crippen LogP contribution is 2.23. The van der Waals surface area contributed by atoms with Crippen LogP contribution in [0.5, 0.6) is 0 Å². The van der Waals surface area contributed by atoms with Crippen LogP contribution in [0.1, 0.15) is 6.42 Å². The Balaban J connectivity index is 1.98. The van der Waals surface area contributed by atoms with Crippen LogP contribution in [0.2, 0.25) is 0 Å². The fourth-order valence-corrected chi connectivity index (χ4v) is 2.25. The highest BCUT2D eigenvalue weighted by atomic mass is 32.1. The summed E-state index contributed by atoms with van der Waals surface area (Å²) in [5.74, 6) is 0.852.